The van der Waals surface area contributed by atoms with Crippen molar-refractivity contribution in [3.63, 3.8) is 0 Å². The third-order valence-corrected chi connectivity index (χ3v) is 3.34. The molecule has 1 fully saturated rings. The van der Waals surface area contributed by atoms with E-state index in [1.165, 1.54) is 6.07 Å². The van der Waals surface area contributed by atoms with Crippen LogP contribution in [0.3, 0.4) is 0 Å². The van der Waals surface area contributed by atoms with Crippen LogP contribution in [0.4, 0.5) is 10.1 Å². The van der Waals surface area contributed by atoms with Gasteiger partial charge in [-0.15, -0.1) is 0 Å². The van der Waals surface area contributed by atoms with E-state index in [2.05, 4.69) is 18.7 Å². The zero-order valence-electron chi connectivity index (χ0n) is 11.9. The van der Waals surface area contributed by atoms with Gasteiger partial charge in [-0.05, 0) is 51.0 Å². The van der Waals surface area contributed by atoms with E-state index in [-0.39, 0.29) is 24.1 Å². The Hall–Kier alpha value is -1.13. The number of anilines is 1. The quantitative estimate of drug-likeness (QED) is 0.912. The smallest absolute Gasteiger partial charge is 0.123 e. The van der Waals surface area contributed by atoms with Crippen molar-refractivity contribution in [3.8, 4) is 0 Å². The van der Waals surface area contributed by atoms with E-state index in [1.807, 2.05) is 13.0 Å². The predicted octanol–water partition coefficient (Wildman–Crippen LogP) is 2.33. The number of rotatable bonds is 3. The minimum atomic E-state index is -0.200. The maximum Gasteiger partial charge on any atom is 0.123 e. The zero-order valence-corrected chi connectivity index (χ0v) is 11.9. The molecule has 4 heteroatoms. The zero-order chi connectivity index (χ0) is 14.0. The van der Waals surface area contributed by atoms with E-state index in [0.29, 0.717) is 6.42 Å². The SMILES string of the molecule is CC(N)Cc1cc(F)ccc1N1CC(C)OC(C)C1. The summed E-state index contributed by atoms with van der Waals surface area (Å²) in [6.45, 7) is 7.75. The van der Waals surface area contributed by atoms with Crippen LogP contribution in [0, 0.1) is 5.82 Å². The van der Waals surface area contributed by atoms with Gasteiger partial charge in [0, 0.05) is 24.8 Å². The second-order valence-electron chi connectivity index (χ2n) is 5.62. The minimum Gasteiger partial charge on any atom is -0.372 e. The lowest BCUT2D eigenvalue weighted by atomic mass is 10.0. The number of hydrogen-bond donors (Lipinski definition) is 1. The molecular formula is C15H23FN2O. The Balaban J connectivity index is 2.27. The molecule has 0 aromatic heterocycles. The van der Waals surface area contributed by atoms with Gasteiger partial charge in [-0.3, -0.25) is 0 Å². The molecule has 2 rings (SSSR count). The number of benzene rings is 1. The molecule has 0 amide bonds. The van der Waals surface area contributed by atoms with Gasteiger partial charge in [-0.2, -0.15) is 0 Å². The average molecular weight is 266 g/mol. The van der Waals surface area contributed by atoms with Crippen LogP contribution >= 0.6 is 0 Å². The molecule has 2 N–H and O–H groups in total. The Bertz CT molecular complexity index is 426. The standard InChI is InChI=1S/C15H23FN2O/c1-10(17)6-13-7-14(16)4-5-15(13)18-8-11(2)19-12(3)9-18/h4-5,7,10-12H,6,8-9,17H2,1-3H3. The fourth-order valence-electron chi connectivity index (χ4n) is 2.75. The van der Waals surface area contributed by atoms with Gasteiger partial charge < -0.3 is 15.4 Å². The first-order valence-electron chi connectivity index (χ1n) is 6.90. The van der Waals surface area contributed by atoms with Crippen molar-refractivity contribution in [3.05, 3.63) is 29.6 Å². The fourth-order valence-corrected chi connectivity index (χ4v) is 2.75. The number of nitrogens with zero attached hydrogens (tertiary/aromatic N) is 1. The summed E-state index contributed by atoms with van der Waals surface area (Å²) in [5.74, 6) is -0.200. The molecular weight excluding hydrogens is 243 g/mol. The number of nitrogens with two attached hydrogens (primary N) is 1. The number of hydrogen-bond acceptors (Lipinski definition) is 3. The van der Waals surface area contributed by atoms with Crippen molar-refractivity contribution in [1.82, 2.24) is 0 Å². The summed E-state index contributed by atoms with van der Waals surface area (Å²) in [5, 5.41) is 0. The third-order valence-electron chi connectivity index (χ3n) is 3.34. The Kier molecular flexibility index (Phi) is 4.42. The molecule has 0 saturated carbocycles. The van der Waals surface area contributed by atoms with Crippen molar-refractivity contribution in [2.24, 2.45) is 5.73 Å². The molecule has 1 aromatic carbocycles. The van der Waals surface area contributed by atoms with Crippen LogP contribution in [0.15, 0.2) is 18.2 Å². The Morgan fingerprint density at radius 1 is 1.37 bits per heavy atom. The summed E-state index contributed by atoms with van der Waals surface area (Å²) < 4.78 is 19.2. The van der Waals surface area contributed by atoms with Crippen molar-refractivity contribution in [1.29, 1.82) is 0 Å². The summed E-state index contributed by atoms with van der Waals surface area (Å²) in [6.07, 6.45) is 1.07. The number of halogens is 1. The molecule has 0 spiro atoms. The molecule has 1 aliphatic rings. The van der Waals surface area contributed by atoms with E-state index in [0.717, 1.165) is 24.3 Å². The molecule has 1 aromatic rings. The van der Waals surface area contributed by atoms with Gasteiger partial charge in [0.1, 0.15) is 5.82 Å². The molecule has 19 heavy (non-hydrogen) atoms. The highest BCUT2D eigenvalue weighted by Gasteiger charge is 2.24. The predicted molar refractivity (Wildman–Crippen MR) is 76.0 cm³/mol. The minimum absolute atomic E-state index is 0.0245. The van der Waals surface area contributed by atoms with Crippen molar-refractivity contribution >= 4 is 5.69 Å². The highest BCUT2D eigenvalue weighted by atomic mass is 19.1. The summed E-state index contributed by atoms with van der Waals surface area (Å²) in [7, 11) is 0. The highest BCUT2D eigenvalue weighted by molar-refractivity contribution is 5.54. The maximum absolute atomic E-state index is 13.4. The van der Waals surface area contributed by atoms with Gasteiger partial charge in [-0.1, -0.05) is 0 Å². The number of morpholine rings is 1. The topological polar surface area (TPSA) is 38.5 Å². The highest BCUT2D eigenvalue weighted by Crippen LogP contribution is 2.26. The Labute approximate surface area is 114 Å². The second-order valence-corrected chi connectivity index (χ2v) is 5.62. The molecule has 0 bridgehead atoms. The van der Waals surface area contributed by atoms with Crippen molar-refractivity contribution in [2.45, 2.75) is 45.4 Å². The molecule has 1 saturated heterocycles. The monoisotopic (exact) mass is 266 g/mol. The first kappa shape index (κ1) is 14.3. The van der Waals surface area contributed by atoms with Crippen LogP contribution in [-0.4, -0.2) is 31.3 Å². The molecule has 106 valence electrons. The van der Waals surface area contributed by atoms with Crippen molar-refractivity contribution < 1.29 is 9.13 Å². The van der Waals surface area contributed by atoms with Crippen LogP contribution < -0.4 is 10.6 Å². The van der Waals surface area contributed by atoms with E-state index in [4.69, 9.17) is 10.5 Å². The lowest BCUT2D eigenvalue weighted by Crippen LogP contribution is -2.46. The first-order valence-corrected chi connectivity index (χ1v) is 6.90. The van der Waals surface area contributed by atoms with E-state index in [9.17, 15) is 4.39 Å². The van der Waals surface area contributed by atoms with Crippen LogP contribution in [0.1, 0.15) is 26.3 Å². The average Bonchev–Trinajstić information content (AvgIpc) is 2.26. The van der Waals surface area contributed by atoms with Crippen LogP contribution in [0.2, 0.25) is 0 Å². The molecule has 1 heterocycles. The molecule has 3 unspecified atom stereocenters. The fraction of sp³-hybridized carbons (Fsp3) is 0.600. The largest absolute Gasteiger partial charge is 0.372 e. The molecule has 0 aliphatic carbocycles. The lowest BCUT2D eigenvalue weighted by molar-refractivity contribution is -0.00526. The third kappa shape index (κ3) is 3.67. The van der Waals surface area contributed by atoms with Gasteiger partial charge in [-0.25, -0.2) is 4.39 Å². The van der Waals surface area contributed by atoms with E-state index < -0.39 is 0 Å². The lowest BCUT2D eigenvalue weighted by Gasteiger charge is -2.38. The van der Waals surface area contributed by atoms with Crippen LogP contribution in [0.5, 0.6) is 0 Å². The van der Waals surface area contributed by atoms with Gasteiger partial charge in [0.15, 0.2) is 0 Å². The summed E-state index contributed by atoms with van der Waals surface area (Å²) >= 11 is 0. The van der Waals surface area contributed by atoms with Crippen LogP contribution in [0.25, 0.3) is 0 Å². The molecule has 3 atom stereocenters. The van der Waals surface area contributed by atoms with Gasteiger partial charge in [0.05, 0.1) is 12.2 Å². The second kappa shape index (κ2) is 5.88. The molecule has 1 aliphatic heterocycles. The number of ether oxygens (including phenoxy) is 1. The van der Waals surface area contributed by atoms with E-state index >= 15 is 0 Å². The van der Waals surface area contributed by atoms with Crippen molar-refractivity contribution in [2.75, 3.05) is 18.0 Å². The Morgan fingerprint density at radius 3 is 2.58 bits per heavy atom. The van der Waals surface area contributed by atoms with Gasteiger partial charge in [0.25, 0.3) is 0 Å². The summed E-state index contributed by atoms with van der Waals surface area (Å²) in [6, 6.07) is 5.00. The van der Waals surface area contributed by atoms with Crippen LogP contribution in [-0.2, 0) is 11.2 Å². The first-order chi connectivity index (χ1) is 8.95. The Morgan fingerprint density at radius 2 is 2.00 bits per heavy atom. The summed E-state index contributed by atoms with van der Waals surface area (Å²) in [5.41, 5.74) is 7.93. The van der Waals surface area contributed by atoms with Gasteiger partial charge in [0.2, 0.25) is 0 Å². The molecule has 3 nitrogen and oxygen atoms in total. The van der Waals surface area contributed by atoms with Gasteiger partial charge >= 0.3 is 0 Å². The summed E-state index contributed by atoms with van der Waals surface area (Å²) in [4.78, 5) is 2.27. The normalized spacial score (nSPS) is 25.4. The molecule has 0 radical (unpaired) electrons. The maximum atomic E-state index is 13.4. The van der Waals surface area contributed by atoms with E-state index in [1.54, 1.807) is 6.07 Å².